The van der Waals surface area contributed by atoms with Gasteiger partial charge in [-0.3, -0.25) is 4.90 Å². The van der Waals surface area contributed by atoms with Gasteiger partial charge < -0.3 is 14.4 Å². The van der Waals surface area contributed by atoms with Crippen molar-refractivity contribution in [2.75, 3.05) is 51.9 Å². The van der Waals surface area contributed by atoms with Crippen LogP contribution in [0.5, 0.6) is 5.75 Å². The van der Waals surface area contributed by atoms with Crippen LogP contribution in [-0.2, 0) is 11.3 Å². The van der Waals surface area contributed by atoms with Crippen LogP contribution in [0.1, 0.15) is 28.6 Å². The van der Waals surface area contributed by atoms with Crippen LogP contribution in [0.15, 0.2) is 42.5 Å². The molecule has 8 heteroatoms. The number of piperazine rings is 1. The second-order valence-electron chi connectivity index (χ2n) is 8.24. The summed E-state index contributed by atoms with van der Waals surface area (Å²) in [5, 5.41) is 12.6. The number of hydrogen-bond acceptors (Lipinski definition) is 7. The van der Waals surface area contributed by atoms with E-state index in [0.717, 1.165) is 43.3 Å². The van der Waals surface area contributed by atoms with Gasteiger partial charge in [-0.15, -0.1) is 5.10 Å². The van der Waals surface area contributed by atoms with Gasteiger partial charge in [-0.1, -0.05) is 24.3 Å². The van der Waals surface area contributed by atoms with E-state index in [1.54, 1.807) is 14.2 Å². The highest BCUT2D eigenvalue weighted by atomic mass is 16.5. The van der Waals surface area contributed by atoms with E-state index in [-0.39, 0.29) is 6.04 Å². The van der Waals surface area contributed by atoms with Gasteiger partial charge in [0.2, 0.25) is 0 Å². The molecule has 1 aliphatic rings. The third-order valence-electron chi connectivity index (χ3n) is 6.13. The molecule has 1 fully saturated rings. The number of ether oxygens (including phenoxy) is 2. The molecular weight excluding hydrogens is 404 g/mol. The number of aryl methyl sites for hydroxylation is 2. The summed E-state index contributed by atoms with van der Waals surface area (Å²) in [6.45, 7) is 9.27. The fourth-order valence-corrected chi connectivity index (χ4v) is 4.33. The van der Waals surface area contributed by atoms with Crippen molar-refractivity contribution in [2.24, 2.45) is 0 Å². The summed E-state index contributed by atoms with van der Waals surface area (Å²) in [4.78, 5) is 4.95. The van der Waals surface area contributed by atoms with Gasteiger partial charge in [0.1, 0.15) is 5.75 Å². The zero-order valence-electron chi connectivity index (χ0n) is 19.4. The van der Waals surface area contributed by atoms with Crippen molar-refractivity contribution in [1.29, 1.82) is 0 Å². The standard InChI is InChI=1S/C24H32N6O2/c1-18-5-6-19(2)22(17-18)28-11-13-29(14-12-28)23(20-7-9-21(32-4)10-8-20)24-25-26-27-30(24)15-16-31-3/h5-10,17,23H,11-16H2,1-4H3/t23-/m1/s1. The van der Waals surface area contributed by atoms with Gasteiger partial charge in [-0.25, -0.2) is 4.68 Å². The van der Waals surface area contributed by atoms with E-state index in [4.69, 9.17) is 9.47 Å². The Bertz CT molecular complexity index is 1010. The number of nitrogens with zero attached hydrogens (tertiary/aromatic N) is 6. The van der Waals surface area contributed by atoms with Crippen LogP contribution < -0.4 is 9.64 Å². The molecule has 0 radical (unpaired) electrons. The van der Waals surface area contributed by atoms with Crippen molar-refractivity contribution < 1.29 is 9.47 Å². The monoisotopic (exact) mass is 436 g/mol. The first kappa shape index (κ1) is 22.2. The summed E-state index contributed by atoms with van der Waals surface area (Å²) in [5.74, 6) is 1.68. The third-order valence-corrected chi connectivity index (χ3v) is 6.13. The first-order valence-electron chi connectivity index (χ1n) is 11.1. The Kier molecular flexibility index (Phi) is 7.02. The lowest BCUT2D eigenvalue weighted by atomic mass is 10.0. The molecule has 2 aromatic carbocycles. The van der Waals surface area contributed by atoms with E-state index in [0.29, 0.717) is 13.2 Å². The zero-order valence-corrected chi connectivity index (χ0v) is 19.4. The van der Waals surface area contributed by atoms with E-state index < -0.39 is 0 Å². The molecule has 4 rings (SSSR count). The van der Waals surface area contributed by atoms with Crippen molar-refractivity contribution in [3.63, 3.8) is 0 Å². The zero-order chi connectivity index (χ0) is 22.5. The van der Waals surface area contributed by atoms with Gasteiger partial charge >= 0.3 is 0 Å². The minimum absolute atomic E-state index is 0.0338. The minimum atomic E-state index is -0.0338. The molecule has 1 atom stereocenters. The van der Waals surface area contributed by atoms with Crippen molar-refractivity contribution in [1.82, 2.24) is 25.1 Å². The molecule has 1 aromatic heterocycles. The van der Waals surface area contributed by atoms with E-state index >= 15 is 0 Å². The maximum atomic E-state index is 5.36. The first-order chi connectivity index (χ1) is 15.6. The Morgan fingerprint density at radius 2 is 1.72 bits per heavy atom. The van der Waals surface area contributed by atoms with Crippen molar-refractivity contribution >= 4 is 5.69 Å². The summed E-state index contributed by atoms with van der Waals surface area (Å²) >= 11 is 0. The second-order valence-corrected chi connectivity index (χ2v) is 8.24. The molecule has 1 saturated heterocycles. The van der Waals surface area contributed by atoms with Crippen molar-refractivity contribution in [3.05, 3.63) is 65.0 Å². The van der Waals surface area contributed by atoms with Crippen LogP contribution in [0.4, 0.5) is 5.69 Å². The van der Waals surface area contributed by atoms with Crippen LogP contribution in [-0.4, -0.2) is 72.1 Å². The van der Waals surface area contributed by atoms with Gasteiger partial charge in [0.25, 0.3) is 0 Å². The van der Waals surface area contributed by atoms with Crippen molar-refractivity contribution in [3.8, 4) is 5.75 Å². The third kappa shape index (κ3) is 4.76. The molecule has 170 valence electrons. The first-order valence-corrected chi connectivity index (χ1v) is 11.1. The molecule has 0 aliphatic carbocycles. The summed E-state index contributed by atoms with van der Waals surface area (Å²) in [5.41, 5.74) is 5.09. The Morgan fingerprint density at radius 1 is 0.969 bits per heavy atom. The van der Waals surface area contributed by atoms with Gasteiger partial charge in [-0.2, -0.15) is 0 Å². The number of aromatic nitrogens is 4. The number of hydrogen-bond donors (Lipinski definition) is 0. The van der Waals surface area contributed by atoms with Crippen molar-refractivity contribution in [2.45, 2.75) is 26.4 Å². The Hall–Kier alpha value is -2.97. The predicted molar refractivity (Wildman–Crippen MR) is 124 cm³/mol. The molecule has 0 saturated carbocycles. The van der Waals surface area contributed by atoms with Crippen LogP contribution in [0, 0.1) is 13.8 Å². The Balaban J connectivity index is 1.59. The maximum Gasteiger partial charge on any atom is 0.173 e. The van der Waals surface area contributed by atoms with E-state index in [1.807, 2.05) is 16.8 Å². The molecular formula is C24H32N6O2. The highest BCUT2D eigenvalue weighted by Gasteiger charge is 2.31. The van der Waals surface area contributed by atoms with Crippen LogP contribution in [0.25, 0.3) is 0 Å². The minimum Gasteiger partial charge on any atom is -0.497 e. The topological polar surface area (TPSA) is 68.5 Å². The average molecular weight is 437 g/mol. The second kappa shape index (κ2) is 10.1. The highest BCUT2D eigenvalue weighted by Crippen LogP contribution is 2.31. The Morgan fingerprint density at radius 3 is 2.41 bits per heavy atom. The highest BCUT2D eigenvalue weighted by molar-refractivity contribution is 5.55. The number of rotatable bonds is 8. The largest absolute Gasteiger partial charge is 0.497 e. The number of benzene rings is 2. The lowest BCUT2D eigenvalue weighted by Gasteiger charge is -2.40. The lowest BCUT2D eigenvalue weighted by molar-refractivity contribution is 0.171. The fraction of sp³-hybridized carbons (Fsp3) is 0.458. The van der Waals surface area contributed by atoms with Gasteiger partial charge in [0.15, 0.2) is 5.82 Å². The molecule has 8 nitrogen and oxygen atoms in total. The number of tetrazole rings is 1. The van der Waals surface area contributed by atoms with Gasteiger partial charge in [0.05, 0.1) is 26.3 Å². The van der Waals surface area contributed by atoms with Crippen LogP contribution in [0.2, 0.25) is 0 Å². The molecule has 0 bridgehead atoms. The van der Waals surface area contributed by atoms with Gasteiger partial charge in [-0.05, 0) is 59.2 Å². The van der Waals surface area contributed by atoms with E-state index in [2.05, 4.69) is 69.5 Å². The summed E-state index contributed by atoms with van der Waals surface area (Å²) in [6.07, 6.45) is 0. The normalized spacial score (nSPS) is 15.7. The van der Waals surface area contributed by atoms with Crippen LogP contribution in [0.3, 0.4) is 0 Å². The summed E-state index contributed by atoms with van der Waals surface area (Å²) in [6, 6.07) is 14.8. The summed E-state index contributed by atoms with van der Waals surface area (Å²) < 4.78 is 12.5. The quantitative estimate of drug-likeness (QED) is 0.538. The molecule has 0 N–H and O–H groups in total. The predicted octanol–water partition coefficient (Wildman–Crippen LogP) is 2.86. The molecule has 3 aromatic rings. The lowest BCUT2D eigenvalue weighted by Crippen LogP contribution is -2.48. The average Bonchev–Trinajstić information content (AvgIpc) is 3.28. The molecule has 1 aliphatic heterocycles. The SMILES string of the molecule is COCCn1nnnc1[C@@H](c1ccc(OC)cc1)N1CCN(c2cc(C)ccc2C)CC1. The van der Waals surface area contributed by atoms with Crippen LogP contribution >= 0.6 is 0 Å². The molecule has 0 spiro atoms. The molecule has 32 heavy (non-hydrogen) atoms. The maximum absolute atomic E-state index is 5.36. The fourth-order valence-electron chi connectivity index (χ4n) is 4.33. The van der Waals surface area contributed by atoms with E-state index in [9.17, 15) is 0 Å². The smallest absolute Gasteiger partial charge is 0.173 e. The van der Waals surface area contributed by atoms with Gasteiger partial charge in [0, 0.05) is 39.0 Å². The number of anilines is 1. The Labute approximate surface area is 189 Å². The van der Waals surface area contributed by atoms with E-state index in [1.165, 1.54) is 16.8 Å². The molecule has 0 unspecified atom stereocenters. The summed E-state index contributed by atoms with van der Waals surface area (Å²) in [7, 11) is 3.38. The molecule has 0 amide bonds. The molecule has 2 heterocycles. The number of methoxy groups -OCH3 is 2.